The van der Waals surface area contributed by atoms with E-state index in [4.69, 9.17) is 4.74 Å². The van der Waals surface area contributed by atoms with Crippen LogP contribution in [0.2, 0.25) is 0 Å². The Kier molecular flexibility index (Phi) is 6.61. The first-order valence-electron chi connectivity index (χ1n) is 6.81. The van der Waals surface area contributed by atoms with Crippen LogP contribution in [0.15, 0.2) is 18.2 Å². The van der Waals surface area contributed by atoms with E-state index in [-0.39, 0.29) is 17.6 Å². The van der Waals surface area contributed by atoms with Gasteiger partial charge in [-0.15, -0.1) is 0 Å². The van der Waals surface area contributed by atoms with Gasteiger partial charge < -0.3 is 15.4 Å². The van der Waals surface area contributed by atoms with E-state index < -0.39 is 4.92 Å². The molecule has 116 valence electrons. The summed E-state index contributed by atoms with van der Waals surface area (Å²) >= 11 is 0. The zero-order valence-electron chi connectivity index (χ0n) is 12.5. The van der Waals surface area contributed by atoms with E-state index in [1.807, 2.05) is 13.8 Å². The van der Waals surface area contributed by atoms with E-state index in [0.717, 1.165) is 0 Å². The molecule has 0 aliphatic heterocycles. The summed E-state index contributed by atoms with van der Waals surface area (Å²) in [7, 11) is 1.60. The lowest BCUT2D eigenvalue weighted by Crippen LogP contribution is -2.23. The van der Waals surface area contributed by atoms with Gasteiger partial charge in [-0.25, -0.2) is 0 Å². The molecule has 0 bridgehead atoms. The second-order valence-corrected chi connectivity index (χ2v) is 4.68. The number of benzene rings is 1. The van der Waals surface area contributed by atoms with Crippen molar-refractivity contribution in [3.05, 3.63) is 33.9 Å². The Morgan fingerprint density at radius 1 is 1.48 bits per heavy atom. The van der Waals surface area contributed by atoms with Gasteiger partial charge in [0, 0.05) is 37.9 Å². The zero-order valence-corrected chi connectivity index (χ0v) is 12.5. The molecule has 0 saturated heterocycles. The van der Waals surface area contributed by atoms with Gasteiger partial charge in [-0.05, 0) is 32.4 Å². The van der Waals surface area contributed by atoms with Crippen molar-refractivity contribution in [1.29, 1.82) is 0 Å². The van der Waals surface area contributed by atoms with Crippen LogP contribution in [0.1, 0.15) is 30.6 Å². The molecule has 2 N–H and O–H groups in total. The number of hydrogen-bond acceptors (Lipinski definition) is 5. The van der Waals surface area contributed by atoms with Crippen molar-refractivity contribution in [2.24, 2.45) is 0 Å². The topological polar surface area (TPSA) is 93.5 Å². The molecule has 21 heavy (non-hydrogen) atoms. The monoisotopic (exact) mass is 295 g/mol. The van der Waals surface area contributed by atoms with E-state index >= 15 is 0 Å². The summed E-state index contributed by atoms with van der Waals surface area (Å²) in [4.78, 5) is 22.4. The molecule has 1 aromatic carbocycles. The number of nitro benzene ring substituents is 1. The summed E-state index contributed by atoms with van der Waals surface area (Å²) in [6, 6.07) is 4.30. The molecule has 0 saturated carbocycles. The summed E-state index contributed by atoms with van der Waals surface area (Å²) in [5, 5.41) is 16.8. The predicted molar refractivity (Wildman–Crippen MR) is 80.7 cm³/mol. The van der Waals surface area contributed by atoms with Gasteiger partial charge >= 0.3 is 0 Å². The third kappa shape index (κ3) is 5.03. The maximum Gasteiger partial charge on any atom is 0.292 e. The minimum Gasteiger partial charge on any atom is -0.385 e. The lowest BCUT2D eigenvalue weighted by atomic mass is 10.1. The summed E-state index contributed by atoms with van der Waals surface area (Å²) in [5.41, 5.74) is 0.684. The van der Waals surface area contributed by atoms with Crippen molar-refractivity contribution in [3.63, 3.8) is 0 Å². The molecule has 0 fully saturated rings. The molecule has 1 amide bonds. The number of nitrogens with one attached hydrogen (secondary N) is 2. The fourth-order valence-corrected chi connectivity index (χ4v) is 1.85. The van der Waals surface area contributed by atoms with E-state index in [1.165, 1.54) is 18.2 Å². The normalized spacial score (nSPS) is 11.8. The first-order chi connectivity index (χ1) is 9.99. The average molecular weight is 295 g/mol. The van der Waals surface area contributed by atoms with Gasteiger partial charge in [0.25, 0.3) is 11.6 Å². The summed E-state index contributed by atoms with van der Waals surface area (Å²) < 4.78 is 4.98. The fourth-order valence-electron chi connectivity index (χ4n) is 1.85. The van der Waals surface area contributed by atoms with Crippen LogP contribution in [0, 0.1) is 10.1 Å². The lowest BCUT2D eigenvalue weighted by molar-refractivity contribution is -0.384. The number of amides is 1. The van der Waals surface area contributed by atoms with Gasteiger partial charge in [0.2, 0.25) is 0 Å². The predicted octanol–water partition coefficient (Wildman–Crippen LogP) is 2.18. The van der Waals surface area contributed by atoms with Gasteiger partial charge in [-0.2, -0.15) is 0 Å². The first kappa shape index (κ1) is 16.9. The third-order valence-electron chi connectivity index (χ3n) is 2.95. The van der Waals surface area contributed by atoms with Gasteiger partial charge in [0.1, 0.15) is 5.69 Å². The molecule has 1 unspecified atom stereocenters. The van der Waals surface area contributed by atoms with Crippen LogP contribution in [-0.2, 0) is 4.74 Å². The Morgan fingerprint density at radius 3 is 2.76 bits per heavy atom. The molecule has 0 radical (unpaired) electrons. The largest absolute Gasteiger partial charge is 0.385 e. The van der Waals surface area contributed by atoms with Crippen LogP contribution in [0.4, 0.5) is 11.4 Å². The van der Waals surface area contributed by atoms with Crippen LogP contribution in [-0.4, -0.2) is 37.1 Å². The Balaban J connectivity index is 2.98. The molecule has 1 atom stereocenters. The lowest BCUT2D eigenvalue weighted by Gasteiger charge is -2.15. The maximum absolute atomic E-state index is 11.8. The van der Waals surface area contributed by atoms with Crippen molar-refractivity contribution >= 4 is 17.3 Å². The van der Waals surface area contributed by atoms with Crippen LogP contribution in [0.5, 0.6) is 0 Å². The maximum atomic E-state index is 11.8. The highest BCUT2D eigenvalue weighted by molar-refractivity contribution is 5.95. The van der Waals surface area contributed by atoms with Crippen LogP contribution >= 0.6 is 0 Å². The highest BCUT2D eigenvalue weighted by Gasteiger charge is 2.18. The Labute approximate surface area is 123 Å². The second kappa shape index (κ2) is 8.21. The van der Waals surface area contributed by atoms with Gasteiger partial charge in [0.15, 0.2) is 0 Å². The average Bonchev–Trinajstić information content (AvgIpc) is 2.45. The smallest absolute Gasteiger partial charge is 0.292 e. The summed E-state index contributed by atoms with van der Waals surface area (Å²) in [6.45, 7) is 4.78. The van der Waals surface area contributed by atoms with E-state index in [2.05, 4.69) is 10.6 Å². The Hall–Kier alpha value is -2.15. The molecule has 1 rings (SSSR count). The fraction of sp³-hybridized carbons (Fsp3) is 0.500. The molecule has 0 aromatic heterocycles. The Bertz CT molecular complexity index is 505. The van der Waals surface area contributed by atoms with Crippen LogP contribution in [0.3, 0.4) is 0 Å². The standard InChI is InChI=1S/C14H21N3O4/c1-4-15-14(18)11-5-6-13(17(19)20)12(9-11)16-10(2)7-8-21-3/h5-6,9-10,16H,4,7-8H2,1-3H3,(H,15,18). The highest BCUT2D eigenvalue weighted by atomic mass is 16.6. The third-order valence-corrected chi connectivity index (χ3v) is 2.95. The van der Waals surface area contributed by atoms with Crippen molar-refractivity contribution in [1.82, 2.24) is 5.32 Å². The van der Waals surface area contributed by atoms with Gasteiger partial charge in [0.05, 0.1) is 4.92 Å². The number of carbonyl (C=O) groups is 1. The number of rotatable bonds is 8. The molecule has 0 aliphatic carbocycles. The van der Waals surface area contributed by atoms with E-state index in [9.17, 15) is 14.9 Å². The SMILES string of the molecule is CCNC(=O)c1ccc([N+](=O)[O-])c(NC(C)CCOC)c1. The molecule has 0 spiro atoms. The molecule has 0 aliphatic rings. The van der Waals surface area contributed by atoms with E-state index in [0.29, 0.717) is 30.8 Å². The number of carbonyl (C=O) groups excluding carboxylic acids is 1. The number of nitro groups is 1. The van der Waals surface area contributed by atoms with Gasteiger partial charge in [-0.1, -0.05) is 0 Å². The molecule has 7 nitrogen and oxygen atoms in total. The quantitative estimate of drug-likeness (QED) is 0.566. The van der Waals surface area contributed by atoms with Gasteiger partial charge in [-0.3, -0.25) is 14.9 Å². The van der Waals surface area contributed by atoms with Crippen molar-refractivity contribution in [2.75, 3.05) is 25.6 Å². The minimum absolute atomic E-state index is 0.00636. The van der Waals surface area contributed by atoms with Crippen molar-refractivity contribution in [2.45, 2.75) is 26.3 Å². The molecular weight excluding hydrogens is 274 g/mol. The number of ether oxygens (including phenoxy) is 1. The first-order valence-corrected chi connectivity index (χ1v) is 6.81. The minimum atomic E-state index is -0.465. The number of hydrogen-bond donors (Lipinski definition) is 2. The van der Waals surface area contributed by atoms with Crippen LogP contribution in [0.25, 0.3) is 0 Å². The van der Waals surface area contributed by atoms with Crippen molar-refractivity contribution < 1.29 is 14.5 Å². The molecular formula is C14H21N3O4. The van der Waals surface area contributed by atoms with Crippen molar-refractivity contribution in [3.8, 4) is 0 Å². The molecule has 0 heterocycles. The number of anilines is 1. The highest BCUT2D eigenvalue weighted by Crippen LogP contribution is 2.26. The Morgan fingerprint density at radius 2 is 2.19 bits per heavy atom. The summed E-state index contributed by atoms with van der Waals surface area (Å²) in [5.74, 6) is -0.250. The molecule has 1 aromatic rings. The second-order valence-electron chi connectivity index (χ2n) is 4.68. The number of methoxy groups -OCH3 is 1. The van der Waals surface area contributed by atoms with Crippen LogP contribution < -0.4 is 10.6 Å². The molecule has 7 heteroatoms. The van der Waals surface area contributed by atoms with E-state index in [1.54, 1.807) is 7.11 Å². The zero-order chi connectivity index (χ0) is 15.8. The number of nitrogens with zero attached hydrogens (tertiary/aromatic N) is 1. The summed E-state index contributed by atoms with van der Waals surface area (Å²) in [6.07, 6.45) is 0.707.